The highest BCUT2D eigenvalue weighted by atomic mass is 35.5. The maximum absolute atomic E-state index is 12.2. The molecule has 0 amide bonds. The zero-order valence-corrected chi connectivity index (χ0v) is 17.3. The van der Waals surface area contributed by atoms with E-state index in [2.05, 4.69) is 6.92 Å². The number of aryl methyl sites for hydroxylation is 1. The number of hydrogen-bond acceptors (Lipinski definition) is 4. The summed E-state index contributed by atoms with van der Waals surface area (Å²) in [5.41, 5.74) is 2.69. The van der Waals surface area contributed by atoms with Gasteiger partial charge in [-0.15, -0.1) is 0 Å². The van der Waals surface area contributed by atoms with Crippen LogP contribution in [0.2, 0.25) is 5.02 Å². The lowest BCUT2D eigenvalue weighted by Crippen LogP contribution is -2.09. The first-order valence-electron chi connectivity index (χ1n) is 9.70. The molecule has 5 heteroatoms. The summed E-state index contributed by atoms with van der Waals surface area (Å²) in [5.74, 6) is -0.808. The number of ether oxygens (including phenoxy) is 2. The quantitative estimate of drug-likeness (QED) is 0.354. The fourth-order valence-electron chi connectivity index (χ4n) is 2.74. The van der Waals surface area contributed by atoms with Gasteiger partial charge < -0.3 is 9.47 Å². The molecule has 150 valence electrons. The molecule has 0 N–H and O–H groups in total. The summed E-state index contributed by atoms with van der Waals surface area (Å²) in [7, 11) is 0. The highest BCUT2D eigenvalue weighted by molar-refractivity contribution is 6.30. The average Bonchev–Trinajstić information content (AvgIpc) is 2.69. The minimum absolute atomic E-state index is 0.170. The van der Waals surface area contributed by atoms with Crippen LogP contribution in [0.25, 0.3) is 0 Å². The largest absolute Gasteiger partial charge is 0.462 e. The van der Waals surface area contributed by atoms with Gasteiger partial charge in [0.2, 0.25) is 0 Å². The van der Waals surface area contributed by atoms with E-state index in [1.165, 1.54) is 19.3 Å². The van der Waals surface area contributed by atoms with E-state index in [0.29, 0.717) is 22.8 Å². The first-order chi connectivity index (χ1) is 13.5. The summed E-state index contributed by atoms with van der Waals surface area (Å²) >= 11 is 5.93. The van der Waals surface area contributed by atoms with Crippen molar-refractivity contribution in [3.05, 3.63) is 69.7 Å². The van der Waals surface area contributed by atoms with Crippen molar-refractivity contribution in [2.75, 3.05) is 6.61 Å². The zero-order valence-electron chi connectivity index (χ0n) is 16.5. The third kappa shape index (κ3) is 7.01. The van der Waals surface area contributed by atoms with Crippen LogP contribution in [0.3, 0.4) is 0 Å². The van der Waals surface area contributed by atoms with Gasteiger partial charge >= 0.3 is 11.9 Å². The van der Waals surface area contributed by atoms with Gasteiger partial charge in [0, 0.05) is 5.02 Å². The van der Waals surface area contributed by atoms with E-state index in [4.69, 9.17) is 21.1 Å². The second kappa shape index (κ2) is 11.5. The van der Waals surface area contributed by atoms with Gasteiger partial charge in [0.25, 0.3) is 0 Å². The van der Waals surface area contributed by atoms with Gasteiger partial charge in [-0.2, -0.15) is 0 Å². The zero-order chi connectivity index (χ0) is 20.4. The molecule has 0 aliphatic heterocycles. The van der Waals surface area contributed by atoms with Crippen molar-refractivity contribution < 1.29 is 19.1 Å². The molecule has 0 saturated carbocycles. The van der Waals surface area contributed by atoms with E-state index in [-0.39, 0.29) is 12.6 Å². The van der Waals surface area contributed by atoms with Crippen molar-refractivity contribution in [1.82, 2.24) is 0 Å². The summed E-state index contributed by atoms with van der Waals surface area (Å²) in [5, 5.41) is 0.649. The number of unbranched alkanes of at least 4 members (excludes halogenated alkanes) is 4. The fraction of sp³-hybridized carbons (Fsp3) is 0.391. The Morgan fingerprint density at radius 3 is 2.07 bits per heavy atom. The number of carbonyl (C=O) groups excluding carboxylic acids is 2. The van der Waals surface area contributed by atoms with E-state index in [1.54, 1.807) is 30.3 Å². The van der Waals surface area contributed by atoms with E-state index in [1.807, 2.05) is 19.1 Å². The van der Waals surface area contributed by atoms with Gasteiger partial charge in [-0.05, 0) is 60.9 Å². The molecule has 0 fully saturated rings. The predicted molar refractivity (Wildman–Crippen MR) is 111 cm³/mol. The van der Waals surface area contributed by atoms with Crippen LogP contribution in [0.1, 0.15) is 70.9 Å². The summed E-state index contributed by atoms with van der Waals surface area (Å²) in [6.07, 6.45) is 5.51. The van der Waals surface area contributed by atoms with Gasteiger partial charge in [-0.3, -0.25) is 0 Å². The first-order valence-corrected chi connectivity index (χ1v) is 10.1. The van der Waals surface area contributed by atoms with Crippen LogP contribution in [-0.2, 0) is 16.1 Å². The summed E-state index contributed by atoms with van der Waals surface area (Å²) in [6, 6.07) is 11.8. The van der Waals surface area contributed by atoms with Crippen LogP contribution < -0.4 is 0 Å². The molecule has 4 nitrogen and oxygen atoms in total. The molecule has 0 aliphatic carbocycles. The Labute approximate surface area is 171 Å². The molecule has 0 spiro atoms. The van der Waals surface area contributed by atoms with Crippen molar-refractivity contribution in [2.45, 2.75) is 52.6 Å². The lowest BCUT2D eigenvalue weighted by atomic mass is 10.1. The Kier molecular flexibility index (Phi) is 9.02. The minimum atomic E-state index is -0.440. The SMILES string of the molecule is CCCCCCCOC(=O)c1ccc(C(=O)OCc2ccc(Cl)cc2C)cc1. The fourth-order valence-corrected chi connectivity index (χ4v) is 2.97. The molecule has 0 saturated heterocycles. The van der Waals surface area contributed by atoms with E-state index in [9.17, 15) is 9.59 Å². The van der Waals surface area contributed by atoms with Crippen molar-refractivity contribution >= 4 is 23.5 Å². The molecule has 0 aromatic heterocycles. The third-order valence-electron chi connectivity index (χ3n) is 4.50. The number of carbonyl (C=O) groups is 2. The lowest BCUT2D eigenvalue weighted by molar-refractivity contribution is 0.0465. The molecule has 0 radical (unpaired) electrons. The Bertz CT molecular complexity index is 784. The molecular formula is C23H27ClO4. The Morgan fingerprint density at radius 1 is 0.857 bits per heavy atom. The minimum Gasteiger partial charge on any atom is -0.462 e. The maximum atomic E-state index is 12.2. The molecule has 28 heavy (non-hydrogen) atoms. The normalized spacial score (nSPS) is 10.5. The van der Waals surface area contributed by atoms with Gasteiger partial charge in [0.05, 0.1) is 17.7 Å². The van der Waals surface area contributed by atoms with Crippen LogP contribution in [0.5, 0.6) is 0 Å². The number of esters is 2. The second-order valence-electron chi connectivity index (χ2n) is 6.77. The highest BCUT2D eigenvalue weighted by Gasteiger charge is 2.12. The molecule has 2 aromatic rings. The molecule has 0 aliphatic rings. The molecular weight excluding hydrogens is 376 g/mol. The Hall–Kier alpha value is -2.33. The number of hydrogen-bond donors (Lipinski definition) is 0. The van der Waals surface area contributed by atoms with E-state index >= 15 is 0 Å². The summed E-state index contributed by atoms with van der Waals surface area (Å²) in [4.78, 5) is 24.3. The van der Waals surface area contributed by atoms with Crippen molar-refractivity contribution in [2.24, 2.45) is 0 Å². The first kappa shape index (κ1) is 22.0. The van der Waals surface area contributed by atoms with Crippen molar-refractivity contribution in [3.8, 4) is 0 Å². The molecule has 0 atom stereocenters. The van der Waals surface area contributed by atoms with Gasteiger partial charge in [0.15, 0.2) is 0 Å². The molecule has 2 rings (SSSR count). The highest BCUT2D eigenvalue weighted by Crippen LogP contribution is 2.17. The molecule has 0 bridgehead atoms. The van der Waals surface area contributed by atoms with Gasteiger partial charge in [-0.1, -0.05) is 50.3 Å². The number of benzene rings is 2. The molecule has 2 aromatic carbocycles. The van der Waals surface area contributed by atoms with Gasteiger partial charge in [0.1, 0.15) is 6.61 Å². The number of rotatable bonds is 10. The Morgan fingerprint density at radius 2 is 1.46 bits per heavy atom. The monoisotopic (exact) mass is 402 g/mol. The van der Waals surface area contributed by atoms with Crippen LogP contribution in [0, 0.1) is 6.92 Å². The number of halogens is 1. The predicted octanol–water partition coefficient (Wildman–Crippen LogP) is 6.13. The second-order valence-corrected chi connectivity index (χ2v) is 7.21. The van der Waals surface area contributed by atoms with Gasteiger partial charge in [-0.25, -0.2) is 9.59 Å². The topological polar surface area (TPSA) is 52.6 Å². The smallest absolute Gasteiger partial charge is 0.338 e. The molecule has 0 unspecified atom stereocenters. The van der Waals surface area contributed by atoms with Crippen LogP contribution in [-0.4, -0.2) is 18.5 Å². The van der Waals surface area contributed by atoms with Crippen molar-refractivity contribution in [3.63, 3.8) is 0 Å². The van der Waals surface area contributed by atoms with E-state index < -0.39 is 5.97 Å². The molecule has 0 heterocycles. The third-order valence-corrected chi connectivity index (χ3v) is 4.74. The maximum Gasteiger partial charge on any atom is 0.338 e. The van der Waals surface area contributed by atoms with Crippen LogP contribution in [0.15, 0.2) is 42.5 Å². The van der Waals surface area contributed by atoms with Crippen LogP contribution in [0.4, 0.5) is 0 Å². The summed E-state index contributed by atoms with van der Waals surface area (Å²) in [6.45, 7) is 4.67. The van der Waals surface area contributed by atoms with E-state index in [0.717, 1.165) is 24.0 Å². The Balaban J connectivity index is 1.80. The average molecular weight is 403 g/mol. The summed E-state index contributed by atoms with van der Waals surface area (Å²) < 4.78 is 10.6. The van der Waals surface area contributed by atoms with Crippen LogP contribution >= 0.6 is 11.6 Å². The lowest BCUT2D eigenvalue weighted by Gasteiger charge is -2.09. The standard InChI is InChI=1S/C23H27ClO4/c1-3-4-5-6-7-14-27-22(25)18-8-10-19(11-9-18)23(26)28-16-20-12-13-21(24)15-17(20)2/h8-13,15H,3-7,14,16H2,1-2H3. The van der Waals surface area contributed by atoms with Crippen molar-refractivity contribution in [1.29, 1.82) is 0 Å².